The second-order valence-corrected chi connectivity index (χ2v) is 5.33. The SMILES string of the molecule is CCc1ccc(NC(=S)NCc2cccc(Cl)c2)cc1. The molecule has 0 radical (unpaired) electrons. The molecular formula is C16H17ClN2S. The first kappa shape index (κ1) is 14.8. The van der Waals surface area contributed by atoms with Gasteiger partial charge in [0.1, 0.15) is 0 Å². The molecule has 0 spiro atoms. The number of thiocarbonyl (C=S) groups is 1. The summed E-state index contributed by atoms with van der Waals surface area (Å²) >= 11 is 11.2. The molecule has 0 aliphatic rings. The molecule has 104 valence electrons. The molecule has 0 aromatic heterocycles. The highest BCUT2D eigenvalue weighted by atomic mass is 35.5. The molecule has 20 heavy (non-hydrogen) atoms. The van der Waals surface area contributed by atoms with E-state index in [1.165, 1.54) is 5.56 Å². The summed E-state index contributed by atoms with van der Waals surface area (Å²) in [5, 5.41) is 7.67. The Morgan fingerprint density at radius 3 is 2.50 bits per heavy atom. The topological polar surface area (TPSA) is 24.1 Å². The molecule has 4 heteroatoms. The van der Waals surface area contributed by atoms with E-state index in [9.17, 15) is 0 Å². The molecule has 2 rings (SSSR count). The molecule has 2 N–H and O–H groups in total. The van der Waals surface area contributed by atoms with Crippen LogP contribution in [0.4, 0.5) is 5.69 Å². The minimum absolute atomic E-state index is 0.606. The fourth-order valence-electron chi connectivity index (χ4n) is 1.83. The van der Waals surface area contributed by atoms with Crippen molar-refractivity contribution in [2.45, 2.75) is 19.9 Å². The lowest BCUT2D eigenvalue weighted by Crippen LogP contribution is -2.27. The van der Waals surface area contributed by atoms with Crippen molar-refractivity contribution < 1.29 is 0 Å². The monoisotopic (exact) mass is 304 g/mol. The summed E-state index contributed by atoms with van der Waals surface area (Å²) in [4.78, 5) is 0. The molecule has 0 fully saturated rings. The van der Waals surface area contributed by atoms with Gasteiger partial charge in [-0.3, -0.25) is 0 Å². The van der Waals surface area contributed by atoms with Crippen LogP contribution in [0.25, 0.3) is 0 Å². The number of anilines is 1. The van der Waals surface area contributed by atoms with Crippen molar-refractivity contribution in [3.63, 3.8) is 0 Å². The predicted octanol–water partition coefficient (Wildman–Crippen LogP) is 4.39. The summed E-state index contributed by atoms with van der Waals surface area (Å²) < 4.78 is 0. The zero-order chi connectivity index (χ0) is 14.4. The van der Waals surface area contributed by atoms with Gasteiger partial charge in [0.15, 0.2) is 5.11 Å². The van der Waals surface area contributed by atoms with Gasteiger partial charge >= 0.3 is 0 Å². The van der Waals surface area contributed by atoms with Gasteiger partial charge in [-0.15, -0.1) is 0 Å². The van der Waals surface area contributed by atoms with Crippen molar-refractivity contribution >= 4 is 34.6 Å². The highest BCUT2D eigenvalue weighted by molar-refractivity contribution is 7.80. The number of rotatable bonds is 4. The standard InChI is InChI=1S/C16H17ClN2S/c1-2-12-6-8-15(9-7-12)19-16(20)18-11-13-4-3-5-14(17)10-13/h3-10H,2,11H2,1H3,(H2,18,19,20). The summed E-state index contributed by atoms with van der Waals surface area (Å²) in [6, 6.07) is 16.0. The summed E-state index contributed by atoms with van der Waals surface area (Å²) in [6.07, 6.45) is 1.04. The summed E-state index contributed by atoms with van der Waals surface area (Å²) in [6.45, 7) is 2.79. The molecule has 0 saturated carbocycles. The van der Waals surface area contributed by atoms with Crippen LogP contribution in [0.2, 0.25) is 5.02 Å². The highest BCUT2D eigenvalue weighted by Gasteiger charge is 1.99. The van der Waals surface area contributed by atoms with Crippen LogP contribution in [0.5, 0.6) is 0 Å². The third-order valence-corrected chi connectivity index (χ3v) is 3.44. The number of hydrogen-bond acceptors (Lipinski definition) is 1. The average Bonchev–Trinajstić information content (AvgIpc) is 2.46. The minimum Gasteiger partial charge on any atom is -0.358 e. The summed E-state index contributed by atoms with van der Waals surface area (Å²) in [5.74, 6) is 0. The van der Waals surface area contributed by atoms with Gasteiger partial charge in [-0.25, -0.2) is 0 Å². The predicted molar refractivity (Wildman–Crippen MR) is 90.3 cm³/mol. The van der Waals surface area contributed by atoms with Crippen LogP contribution in [0.15, 0.2) is 48.5 Å². The first-order valence-corrected chi connectivity index (χ1v) is 7.34. The fourth-order valence-corrected chi connectivity index (χ4v) is 2.23. The van der Waals surface area contributed by atoms with E-state index in [0.29, 0.717) is 11.7 Å². The zero-order valence-corrected chi connectivity index (χ0v) is 12.9. The molecule has 0 atom stereocenters. The molecule has 0 aliphatic heterocycles. The van der Waals surface area contributed by atoms with Gasteiger partial charge in [0.05, 0.1) is 0 Å². The Balaban J connectivity index is 1.85. The van der Waals surface area contributed by atoms with Gasteiger partial charge in [-0.1, -0.05) is 42.8 Å². The zero-order valence-electron chi connectivity index (χ0n) is 11.3. The molecule has 0 heterocycles. The molecule has 2 aromatic carbocycles. The van der Waals surface area contributed by atoms with Crippen molar-refractivity contribution in [3.05, 3.63) is 64.7 Å². The van der Waals surface area contributed by atoms with Crippen LogP contribution in [-0.2, 0) is 13.0 Å². The lowest BCUT2D eigenvalue weighted by Gasteiger charge is -2.11. The Kier molecular flexibility index (Phi) is 5.39. The molecule has 0 aliphatic carbocycles. The van der Waals surface area contributed by atoms with E-state index >= 15 is 0 Å². The molecular weight excluding hydrogens is 288 g/mol. The second-order valence-electron chi connectivity index (χ2n) is 4.49. The largest absolute Gasteiger partial charge is 0.358 e. The van der Waals surface area contributed by atoms with E-state index in [2.05, 4.69) is 29.7 Å². The van der Waals surface area contributed by atoms with Crippen LogP contribution in [0, 0.1) is 0 Å². The van der Waals surface area contributed by atoms with Gasteiger partial charge in [0.2, 0.25) is 0 Å². The number of hydrogen-bond donors (Lipinski definition) is 2. The molecule has 0 saturated heterocycles. The van der Waals surface area contributed by atoms with Crippen LogP contribution in [0.3, 0.4) is 0 Å². The number of benzene rings is 2. The Morgan fingerprint density at radius 1 is 1.10 bits per heavy atom. The third kappa shape index (κ3) is 4.51. The van der Waals surface area contributed by atoms with Gasteiger partial charge in [-0.05, 0) is 54.0 Å². The Morgan fingerprint density at radius 2 is 1.85 bits per heavy atom. The first-order valence-electron chi connectivity index (χ1n) is 6.55. The van der Waals surface area contributed by atoms with Gasteiger partial charge in [0.25, 0.3) is 0 Å². The third-order valence-electron chi connectivity index (χ3n) is 2.96. The fraction of sp³-hybridized carbons (Fsp3) is 0.188. The minimum atomic E-state index is 0.606. The maximum atomic E-state index is 5.94. The molecule has 2 nitrogen and oxygen atoms in total. The first-order chi connectivity index (χ1) is 9.67. The van der Waals surface area contributed by atoms with Crippen molar-refractivity contribution in [2.24, 2.45) is 0 Å². The normalized spacial score (nSPS) is 10.1. The highest BCUT2D eigenvalue weighted by Crippen LogP contribution is 2.11. The smallest absolute Gasteiger partial charge is 0.171 e. The molecule has 0 bridgehead atoms. The Hall–Kier alpha value is -1.58. The lowest BCUT2D eigenvalue weighted by atomic mass is 10.1. The Bertz CT molecular complexity index is 581. The number of nitrogens with one attached hydrogen (secondary N) is 2. The maximum Gasteiger partial charge on any atom is 0.171 e. The van der Waals surface area contributed by atoms with E-state index < -0.39 is 0 Å². The van der Waals surface area contributed by atoms with E-state index in [0.717, 1.165) is 22.7 Å². The average molecular weight is 305 g/mol. The molecule has 0 unspecified atom stereocenters. The van der Waals surface area contributed by atoms with Crippen molar-refractivity contribution in [3.8, 4) is 0 Å². The van der Waals surface area contributed by atoms with Crippen LogP contribution in [0.1, 0.15) is 18.1 Å². The number of aryl methyl sites for hydroxylation is 1. The quantitative estimate of drug-likeness (QED) is 0.819. The number of halogens is 1. The van der Waals surface area contributed by atoms with Crippen molar-refractivity contribution in [1.29, 1.82) is 0 Å². The second kappa shape index (κ2) is 7.27. The van der Waals surface area contributed by atoms with E-state index in [4.69, 9.17) is 23.8 Å². The molecule has 0 amide bonds. The maximum absolute atomic E-state index is 5.94. The van der Waals surface area contributed by atoms with Crippen LogP contribution >= 0.6 is 23.8 Å². The van der Waals surface area contributed by atoms with E-state index in [1.807, 2.05) is 36.4 Å². The Labute approximate surface area is 130 Å². The summed E-state index contributed by atoms with van der Waals surface area (Å²) in [5.41, 5.74) is 3.40. The van der Waals surface area contributed by atoms with Crippen LogP contribution in [-0.4, -0.2) is 5.11 Å². The summed E-state index contributed by atoms with van der Waals surface area (Å²) in [7, 11) is 0. The van der Waals surface area contributed by atoms with E-state index in [-0.39, 0.29) is 0 Å². The van der Waals surface area contributed by atoms with Gasteiger partial charge in [-0.2, -0.15) is 0 Å². The lowest BCUT2D eigenvalue weighted by molar-refractivity contribution is 0.926. The van der Waals surface area contributed by atoms with Gasteiger partial charge in [0, 0.05) is 17.3 Å². The van der Waals surface area contributed by atoms with Crippen molar-refractivity contribution in [1.82, 2.24) is 5.32 Å². The molecule has 2 aromatic rings. The van der Waals surface area contributed by atoms with Crippen molar-refractivity contribution in [2.75, 3.05) is 5.32 Å². The van der Waals surface area contributed by atoms with Gasteiger partial charge < -0.3 is 10.6 Å². The van der Waals surface area contributed by atoms with E-state index in [1.54, 1.807) is 0 Å². The van der Waals surface area contributed by atoms with Crippen LogP contribution < -0.4 is 10.6 Å².